The lowest BCUT2D eigenvalue weighted by Crippen LogP contribution is -2.14. The fraction of sp³-hybridized carbons (Fsp3) is 0.538. The molecule has 1 aliphatic rings. The van der Waals surface area contributed by atoms with Gasteiger partial charge in [-0.1, -0.05) is 24.6 Å². The Labute approximate surface area is 90.9 Å². The van der Waals surface area contributed by atoms with Crippen molar-refractivity contribution in [2.45, 2.75) is 31.6 Å². The fourth-order valence-electron chi connectivity index (χ4n) is 2.22. The maximum atomic E-state index is 8.77. The van der Waals surface area contributed by atoms with Crippen LogP contribution in [-0.2, 0) is 0 Å². The molecule has 1 N–H and O–H groups in total. The second-order valence-electron chi connectivity index (χ2n) is 4.09. The average Bonchev–Trinajstić information content (AvgIpc) is 2.30. The summed E-state index contributed by atoms with van der Waals surface area (Å²) in [6, 6.07) is 8.31. The molecular formula is C13H18O2. The van der Waals surface area contributed by atoms with E-state index in [0.717, 1.165) is 31.6 Å². The summed E-state index contributed by atoms with van der Waals surface area (Å²) in [6.45, 7) is 1.14. The number of hydrogen-bond donors (Lipinski definition) is 1. The number of benzene rings is 1. The highest BCUT2D eigenvalue weighted by atomic mass is 16.5. The van der Waals surface area contributed by atoms with E-state index in [9.17, 15) is 0 Å². The summed E-state index contributed by atoms with van der Waals surface area (Å²) in [7, 11) is 0. The summed E-state index contributed by atoms with van der Waals surface area (Å²) in [5.74, 6) is 1.68. The molecule has 1 aromatic rings. The van der Waals surface area contributed by atoms with Gasteiger partial charge in [-0.05, 0) is 36.8 Å². The normalized spacial score (nSPS) is 19.4. The van der Waals surface area contributed by atoms with Crippen molar-refractivity contribution in [3.8, 4) is 5.75 Å². The van der Waals surface area contributed by atoms with Gasteiger partial charge in [-0.25, -0.2) is 0 Å². The number of aliphatic hydroxyl groups excluding tert-OH is 1. The lowest BCUT2D eigenvalue weighted by Gasteiger charge is -2.25. The molecule has 1 aromatic carbocycles. The van der Waals surface area contributed by atoms with Crippen molar-refractivity contribution >= 4 is 0 Å². The molecule has 2 heteroatoms. The molecule has 0 amide bonds. The van der Waals surface area contributed by atoms with Gasteiger partial charge in [0, 0.05) is 6.61 Å². The van der Waals surface area contributed by atoms with Crippen molar-refractivity contribution in [1.82, 2.24) is 0 Å². The molecule has 1 unspecified atom stereocenters. The minimum absolute atomic E-state index is 0.310. The maximum absolute atomic E-state index is 8.77. The van der Waals surface area contributed by atoms with Crippen LogP contribution in [0.15, 0.2) is 24.3 Å². The summed E-state index contributed by atoms with van der Waals surface area (Å²) in [4.78, 5) is 0. The van der Waals surface area contributed by atoms with Crippen molar-refractivity contribution in [2.75, 3.05) is 13.2 Å². The molecule has 1 atom stereocenters. The molecule has 1 heterocycles. The molecule has 82 valence electrons. The van der Waals surface area contributed by atoms with Crippen LogP contribution in [0.2, 0.25) is 0 Å². The lowest BCUT2D eigenvalue weighted by molar-refractivity contribution is 0.252. The van der Waals surface area contributed by atoms with Gasteiger partial charge < -0.3 is 9.84 Å². The van der Waals surface area contributed by atoms with E-state index in [4.69, 9.17) is 9.84 Å². The average molecular weight is 206 g/mol. The van der Waals surface area contributed by atoms with Crippen LogP contribution in [0.5, 0.6) is 5.75 Å². The number of rotatable bonds is 4. The standard InChI is InChI=1S/C13H18O2/c14-9-4-3-5-11-8-10-15-13-7-2-1-6-12(11)13/h1-2,6-7,11,14H,3-5,8-10H2. The highest BCUT2D eigenvalue weighted by Crippen LogP contribution is 2.36. The summed E-state index contributed by atoms with van der Waals surface area (Å²) in [5.41, 5.74) is 1.35. The van der Waals surface area contributed by atoms with Crippen LogP contribution in [0.1, 0.15) is 37.2 Å². The van der Waals surface area contributed by atoms with Gasteiger partial charge in [0.15, 0.2) is 0 Å². The number of hydrogen-bond acceptors (Lipinski definition) is 2. The quantitative estimate of drug-likeness (QED) is 0.767. The number of unbranched alkanes of at least 4 members (excludes halogenated alkanes) is 1. The highest BCUT2D eigenvalue weighted by molar-refractivity contribution is 5.37. The van der Waals surface area contributed by atoms with E-state index in [0.29, 0.717) is 12.5 Å². The van der Waals surface area contributed by atoms with Gasteiger partial charge in [0.05, 0.1) is 6.61 Å². The Kier molecular flexibility index (Phi) is 3.62. The SMILES string of the molecule is OCCCCC1CCOc2ccccc21. The number of para-hydroxylation sites is 1. The Morgan fingerprint density at radius 2 is 2.13 bits per heavy atom. The highest BCUT2D eigenvalue weighted by Gasteiger charge is 2.19. The molecule has 0 aliphatic carbocycles. The van der Waals surface area contributed by atoms with Crippen molar-refractivity contribution in [3.05, 3.63) is 29.8 Å². The first-order valence-electron chi connectivity index (χ1n) is 5.74. The van der Waals surface area contributed by atoms with Gasteiger partial charge in [-0.3, -0.25) is 0 Å². The van der Waals surface area contributed by atoms with Crippen molar-refractivity contribution in [2.24, 2.45) is 0 Å². The van der Waals surface area contributed by atoms with Gasteiger partial charge in [-0.2, -0.15) is 0 Å². The van der Waals surface area contributed by atoms with Crippen LogP contribution in [0.3, 0.4) is 0 Å². The second-order valence-corrected chi connectivity index (χ2v) is 4.09. The predicted molar refractivity (Wildman–Crippen MR) is 60.2 cm³/mol. The molecule has 0 aromatic heterocycles. The predicted octanol–water partition coefficient (Wildman–Crippen LogP) is 2.72. The summed E-state index contributed by atoms with van der Waals surface area (Å²) < 4.78 is 5.61. The Hall–Kier alpha value is -1.02. The molecule has 0 fully saturated rings. The van der Waals surface area contributed by atoms with E-state index >= 15 is 0 Å². The third-order valence-corrected chi connectivity index (χ3v) is 3.04. The first kappa shape index (κ1) is 10.5. The zero-order valence-electron chi connectivity index (χ0n) is 8.98. The Morgan fingerprint density at radius 1 is 1.27 bits per heavy atom. The van der Waals surface area contributed by atoms with Crippen molar-refractivity contribution in [3.63, 3.8) is 0 Å². The zero-order chi connectivity index (χ0) is 10.5. The number of aliphatic hydroxyl groups is 1. The zero-order valence-corrected chi connectivity index (χ0v) is 8.98. The number of ether oxygens (including phenoxy) is 1. The Balaban J connectivity index is 2.02. The molecule has 1 aliphatic heterocycles. The van der Waals surface area contributed by atoms with Crippen LogP contribution >= 0.6 is 0 Å². The molecule has 15 heavy (non-hydrogen) atoms. The van der Waals surface area contributed by atoms with E-state index in [1.807, 2.05) is 12.1 Å². The van der Waals surface area contributed by atoms with Crippen LogP contribution in [0, 0.1) is 0 Å². The van der Waals surface area contributed by atoms with Gasteiger partial charge in [0.25, 0.3) is 0 Å². The van der Waals surface area contributed by atoms with E-state index in [-0.39, 0.29) is 0 Å². The smallest absolute Gasteiger partial charge is 0.122 e. The molecule has 0 bridgehead atoms. The molecule has 0 radical (unpaired) electrons. The van der Waals surface area contributed by atoms with Crippen LogP contribution in [0.4, 0.5) is 0 Å². The largest absolute Gasteiger partial charge is 0.493 e. The van der Waals surface area contributed by atoms with Gasteiger partial charge in [-0.15, -0.1) is 0 Å². The van der Waals surface area contributed by atoms with Gasteiger partial charge in [0.2, 0.25) is 0 Å². The summed E-state index contributed by atoms with van der Waals surface area (Å²) in [6.07, 6.45) is 4.30. The second kappa shape index (κ2) is 5.17. The third kappa shape index (κ3) is 2.51. The Morgan fingerprint density at radius 3 is 3.00 bits per heavy atom. The van der Waals surface area contributed by atoms with Crippen LogP contribution in [0.25, 0.3) is 0 Å². The molecule has 0 saturated carbocycles. The lowest BCUT2D eigenvalue weighted by atomic mass is 9.89. The molecule has 0 saturated heterocycles. The van der Waals surface area contributed by atoms with Crippen LogP contribution in [-0.4, -0.2) is 18.3 Å². The Bertz CT molecular complexity index is 309. The first-order chi connectivity index (χ1) is 7.42. The van der Waals surface area contributed by atoms with Crippen molar-refractivity contribution < 1.29 is 9.84 Å². The third-order valence-electron chi connectivity index (χ3n) is 3.04. The van der Waals surface area contributed by atoms with Crippen LogP contribution < -0.4 is 4.74 Å². The maximum Gasteiger partial charge on any atom is 0.122 e. The minimum Gasteiger partial charge on any atom is -0.493 e. The molecule has 2 nitrogen and oxygen atoms in total. The minimum atomic E-state index is 0.310. The molecular weight excluding hydrogens is 188 g/mol. The molecule has 2 rings (SSSR count). The van der Waals surface area contributed by atoms with Crippen molar-refractivity contribution in [1.29, 1.82) is 0 Å². The monoisotopic (exact) mass is 206 g/mol. The van der Waals surface area contributed by atoms with E-state index in [1.165, 1.54) is 12.0 Å². The van der Waals surface area contributed by atoms with E-state index in [2.05, 4.69) is 12.1 Å². The first-order valence-corrected chi connectivity index (χ1v) is 5.74. The fourth-order valence-corrected chi connectivity index (χ4v) is 2.22. The van der Waals surface area contributed by atoms with E-state index in [1.54, 1.807) is 0 Å². The summed E-state index contributed by atoms with van der Waals surface area (Å²) >= 11 is 0. The topological polar surface area (TPSA) is 29.5 Å². The van der Waals surface area contributed by atoms with Gasteiger partial charge >= 0.3 is 0 Å². The van der Waals surface area contributed by atoms with E-state index < -0.39 is 0 Å². The number of fused-ring (bicyclic) bond motifs is 1. The molecule has 0 spiro atoms. The summed E-state index contributed by atoms with van der Waals surface area (Å²) in [5, 5.41) is 8.77. The van der Waals surface area contributed by atoms with Gasteiger partial charge in [0.1, 0.15) is 5.75 Å².